The average Bonchev–Trinajstić information content (AvgIpc) is 2.10. The maximum atomic E-state index is 8.75. The second-order valence-electron chi connectivity index (χ2n) is 2.08. The quantitative estimate of drug-likeness (QED) is 0.363. The SMILES string of the molecule is CCCON(OCCC#N)P(O)O. The standard InChI is InChI=1S/C6H13N2O4P/c1-2-5-11-8(13(9)10)12-6-3-4-7/h9-10H,2-3,5-6H2,1H3. The first-order valence-corrected chi connectivity index (χ1v) is 5.03. The topological polar surface area (TPSA) is 86.0 Å². The molecule has 0 rings (SSSR count). The number of hydrogen-bond donors (Lipinski definition) is 2. The van der Waals surface area contributed by atoms with Crippen LogP contribution in [0.1, 0.15) is 19.8 Å². The van der Waals surface area contributed by atoms with E-state index in [1.807, 2.05) is 13.0 Å². The van der Waals surface area contributed by atoms with Crippen molar-refractivity contribution in [3.8, 4) is 6.07 Å². The minimum absolute atomic E-state index is 0.0835. The number of rotatable bonds is 7. The summed E-state index contributed by atoms with van der Waals surface area (Å²) in [7, 11) is -2.41. The summed E-state index contributed by atoms with van der Waals surface area (Å²) in [5.41, 5.74) is 0. The molecule has 7 heteroatoms. The van der Waals surface area contributed by atoms with Gasteiger partial charge in [-0.1, -0.05) is 6.92 Å². The fourth-order valence-electron chi connectivity index (χ4n) is 0.479. The van der Waals surface area contributed by atoms with E-state index in [1.54, 1.807) is 0 Å². The molecular formula is C6H13N2O4P. The molecule has 0 aromatic heterocycles. The van der Waals surface area contributed by atoms with Crippen molar-refractivity contribution in [2.24, 2.45) is 0 Å². The Morgan fingerprint density at radius 2 is 2.00 bits per heavy atom. The summed E-state index contributed by atoms with van der Waals surface area (Å²) in [4.78, 5) is 27.7. The van der Waals surface area contributed by atoms with E-state index in [-0.39, 0.29) is 13.0 Å². The highest BCUT2D eigenvalue weighted by Crippen LogP contribution is 2.30. The van der Waals surface area contributed by atoms with E-state index in [4.69, 9.17) is 24.7 Å². The molecule has 0 aliphatic carbocycles. The summed E-state index contributed by atoms with van der Waals surface area (Å²) in [6, 6.07) is 1.85. The van der Waals surface area contributed by atoms with E-state index in [9.17, 15) is 0 Å². The van der Waals surface area contributed by atoms with E-state index in [2.05, 4.69) is 0 Å². The molecule has 0 aromatic carbocycles. The van der Waals surface area contributed by atoms with E-state index in [0.29, 0.717) is 11.6 Å². The highest BCUT2D eigenvalue weighted by Gasteiger charge is 2.15. The molecule has 0 heterocycles. The predicted molar refractivity (Wildman–Crippen MR) is 45.6 cm³/mol. The van der Waals surface area contributed by atoms with Crippen molar-refractivity contribution in [1.29, 1.82) is 5.26 Å². The van der Waals surface area contributed by atoms with Crippen molar-refractivity contribution >= 4 is 8.53 Å². The van der Waals surface area contributed by atoms with Gasteiger partial charge in [0.1, 0.15) is 0 Å². The van der Waals surface area contributed by atoms with Gasteiger partial charge < -0.3 is 9.79 Å². The molecule has 0 saturated carbocycles. The van der Waals surface area contributed by atoms with Gasteiger partial charge >= 0.3 is 8.53 Å². The Bertz CT molecular complexity index is 161. The normalized spacial score (nSPS) is 10.8. The van der Waals surface area contributed by atoms with E-state index in [0.717, 1.165) is 6.42 Å². The lowest BCUT2D eigenvalue weighted by molar-refractivity contribution is -0.308. The van der Waals surface area contributed by atoms with E-state index in [1.165, 1.54) is 0 Å². The zero-order chi connectivity index (χ0) is 10.1. The third-order valence-electron chi connectivity index (χ3n) is 0.968. The summed E-state index contributed by atoms with van der Waals surface area (Å²) in [5, 5.41) is 8.18. The van der Waals surface area contributed by atoms with Crippen LogP contribution in [0, 0.1) is 11.3 Å². The van der Waals surface area contributed by atoms with Gasteiger partial charge in [-0.25, -0.2) is 0 Å². The molecule has 0 radical (unpaired) electrons. The number of hydrogen-bond acceptors (Lipinski definition) is 6. The first-order chi connectivity index (χ1) is 6.22. The van der Waals surface area contributed by atoms with Crippen molar-refractivity contribution in [3.63, 3.8) is 0 Å². The van der Waals surface area contributed by atoms with Crippen molar-refractivity contribution in [2.45, 2.75) is 19.8 Å². The minimum atomic E-state index is -2.41. The Labute approximate surface area is 78.2 Å². The molecule has 0 aliphatic rings. The molecule has 0 unspecified atom stereocenters. The molecule has 13 heavy (non-hydrogen) atoms. The Balaban J connectivity index is 3.62. The van der Waals surface area contributed by atoms with Crippen LogP contribution < -0.4 is 0 Å². The van der Waals surface area contributed by atoms with Crippen LogP contribution in [-0.4, -0.2) is 28.0 Å². The fraction of sp³-hybridized carbons (Fsp3) is 0.833. The molecule has 0 aromatic rings. The van der Waals surface area contributed by atoms with Gasteiger partial charge in [-0.05, 0) is 6.42 Å². The van der Waals surface area contributed by atoms with Crippen LogP contribution >= 0.6 is 8.53 Å². The van der Waals surface area contributed by atoms with Gasteiger partial charge in [0.2, 0.25) is 0 Å². The van der Waals surface area contributed by atoms with Crippen molar-refractivity contribution < 1.29 is 19.5 Å². The third kappa shape index (κ3) is 6.84. The Morgan fingerprint density at radius 1 is 1.38 bits per heavy atom. The second kappa shape index (κ2) is 8.32. The number of nitrogens with zero attached hydrogens (tertiary/aromatic N) is 2. The molecule has 0 spiro atoms. The van der Waals surface area contributed by atoms with Crippen molar-refractivity contribution in [1.82, 2.24) is 5.00 Å². The molecule has 0 fully saturated rings. The maximum Gasteiger partial charge on any atom is 0.305 e. The summed E-state index contributed by atoms with van der Waals surface area (Å²) < 4.78 is 0. The van der Waals surface area contributed by atoms with E-state index < -0.39 is 8.53 Å². The van der Waals surface area contributed by atoms with Crippen LogP contribution in [0.2, 0.25) is 0 Å². The Kier molecular flexibility index (Phi) is 8.14. The highest BCUT2D eigenvalue weighted by atomic mass is 31.2. The van der Waals surface area contributed by atoms with Gasteiger partial charge in [0.15, 0.2) is 0 Å². The highest BCUT2D eigenvalue weighted by molar-refractivity contribution is 7.41. The van der Waals surface area contributed by atoms with Gasteiger partial charge in [-0.2, -0.15) is 5.26 Å². The monoisotopic (exact) mass is 208 g/mol. The first kappa shape index (κ1) is 12.7. The van der Waals surface area contributed by atoms with Gasteiger partial charge in [-0.15, -0.1) is 0 Å². The van der Waals surface area contributed by atoms with Crippen LogP contribution in [0.3, 0.4) is 0 Å². The van der Waals surface area contributed by atoms with Gasteiger partial charge in [0, 0.05) is 5.00 Å². The van der Waals surface area contributed by atoms with Crippen LogP contribution in [0.5, 0.6) is 0 Å². The lowest BCUT2D eigenvalue weighted by atomic mass is 10.5. The lowest BCUT2D eigenvalue weighted by Crippen LogP contribution is -2.20. The Morgan fingerprint density at radius 3 is 2.46 bits per heavy atom. The molecule has 76 valence electrons. The molecule has 6 nitrogen and oxygen atoms in total. The largest absolute Gasteiger partial charge is 0.335 e. The van der Waals surface area contributed by atoms with Gasteiger partial charge in [-0.3, -0.25) is 9.68 Å². The molecular weight excluding hydrogens is 195 g/mol. The molecule has 0 saturated heterocycles. The molecule has 0 atom stereocenters. The Hall–Kier alpha value is -0.280. The fourth-order valence-corrected chi connectivity index (χ4v) is 0.849. The van der Waals surface area contributed by atoms with E-state index >= 15 is 0 Å². The second-order valence-corrected chi connectivity index (χ2v) is 2.94. The summed E-state index contributed by atoms with van der Waals surface area (Å²) >= 11 is 0. The summed E-state index contributed by atoms with van der Waals surface area (Å²) in [5.74, 6) is 0. The van der Waals surface area contributed by atoms with Crippen molar-refractivity contribution in [2.75, 3.05) is 13.2 Å². The average molecular weight is 208 g/mol. The van der Waals surface area contributed by atoms with Crippen molar-refractivity contribution in [3.05, 3.63) is 0 Å². The summed E-state index contributed by atoms with van der Waals surface area (Å²) in [6.45, 7) is 2.30. The minimum Gasteiger partial charge on any atom is -0.335 e. The maximum absolute atomic E-state index is 8.75. The third-order valence-corrected chi connectivity index (χ3v) is 1.49. The van der Waals surface area contributed by atoms with Gasteiger partial charge in [0.25, 0.3) is 0 Å². The van der Waals surface area contributed by atoms with Crippen LogP contribution in [-0.2, 0) is 9.68 Å². The number of nitriles is 1. The lowest BCUT2D eigenvalue weighted by Gasteiger charge is -2.19. The van der Waals surface area contributed by atoms with Crippen LogP contribution in [0.4, 0.5) is 0 Å². The molecule has 0 aliphatic heterocycles. The summed E-state index contributed by atoms with van der Waals surface area (Å²) in [6.07, 6.45) is 0.913. The first-order valence-electron chi connectivity index (χ1n) is 3.83. The van der Waals surface area contributed by atoms with Crippen LogP contribution in [0.25, 0.3) is 0 Å². The molecule has 0 amide bonds. The van der Waals surface area contributed by atoms with Gasteiger partial charge in [0.05, 0.1) is 25.7 Å². The zero-order valence-electron chi connectivity index (χ0n) is 7.38. The van der Waals surface area contributed by atoms with Crippen LogP contribution in [0.15, 0.2) is 0 Å². The predicted octanol–water partition coefficient (Wildman–Crippen LogP) is 0.687. The molecule has 2 N–H and O–H groups in total. The zero-order valence-corrected chi connectivity index (χ0v) is 8.28. The smallest absolute Gasteiger partial charge is 0.305 e. The molecule has 0 bridgehead atoms.